The highest BCUT2D eigenvalue weighted by Crippen LogP contribution is 1.83. The van der Waals surface area contributed by atoms with Gasteiger partial charge in [0.15, 0.2) is 0 Å². The van der Waals surface area contributed by atoms with Crippen LogP contribution in [0.4, 0.5) is 0 Å². The normalized spacial score (nSPS) is 12.9. The molecule has 5 N–H and O–H groups in total. The van der Waals surface area contributed by atoms with Gasteiger partial charge in [0.2, 0.25) is 5.91 Å². The van der Waals surface area contributed by atoms with Crippen molar-refractivity contribution in [3.8, 4) is 0 Å². The minimum atomic E-state index is -0.742. The molecule has 0 saturated carbocycles. The zero-order valence-corrected chi connectivity index (χ0v) is 6.32. The molecule has 5 heteroatoms. The summed E-state index contributed by atoms with van der Waals surface area (Å²) < 4.78 is 4.91. The maximum absolute atomic E-state index is 10.3. The first kappa shape index (κ1) is 10.3. The summed E-state index contributed by atoms with van der Waals surface area (Å²) >= 11 is 0. The molecule has 1 amide bonds. The van der Waals surface area contributed by atoms with E-state index in [4.69, 9.17) is 21.3 Å². The van der Waals surface area contributed by atoms with E-state index in [0.717, 1.165) is 0 Å². The predicted molar refractivity (Wildman–Crippen MR) is 39.7 cm³/mol. The molecule has 0 aromatic heterocycles. The molecule has 0 rings (SSSR count). The molecule has 0 aliphatic rings. The molecule has 0 aromatic carbocycles. The molecule has 0 bridgehead atoms. The molecule has 0 radical (unpaired) electrons. The molecule has 66 valence electrons. The van der Waals surface area contributed by atoms with Gasteiger partial charge >= 0.3 is 0 Å². The van der Waals surface area contributed by atoms with Crippen molar-refractivity contribution in [1.29, 1.82) is 0 Å². The van der Waals surface area contributed by atoms with Crippen molar-refractivity contribution in [2.24, 2.45) is 11.5 Å². The first-order valence-electron chi connectivity index (χ1n) is 3.42. The summed E-state index contributed by atoms with van der Waals surface area (Å²) in [6.45, 7) is 0.596. The number of aliphatic hydroxyl groups is 1. The molecule has 5 nitrogen and oxygen atoms in total. The molecule has 0 aromatic rings. The van der Waals surface area contributed by atoms with E-state index in [9.17, 15) is 4.79 Å². The van der Waals surface area contributed by atoms with Crippen molar-refractivity contribution in [1.82, 2.24) is 0 Å². The Morgan fingerprint density at radius 2 is 2.27 bits per heavy atom. The minimum absolute atomic E-state index is 0.0752. The lowest BCUT2D eigenvalue weighted by Crippen LogP contribution is -2.40. The van der Waals surface area contributed by atoms with Crippen LogP contribution in [-0.4, -0.2) is 36.9 Å². The fourth-order valence-electron chi connectivity index (χ4n) is 0.459. The van der Waals surface area contributed by atoms with Crippen LogP contribution in [0, 0.1) is 0 Å². The molecular formula is C6H14N2O3. The number of nitrogens with two attached hydrogens (primary N) is 2. The number of carbonyl (C=O) groups excluding carboxylic acids is 1. The standard InChI is InChI=1S/C6H14N2O3/c7-5(6(8)10)4-11-3-1-2-9/h5,9H,1-4,7H2,(H2,8,10)/t5-/m0/s1. The number of carbonyl (C=O) groups is 1. The number of amides is 1. The third kappa shape index (κ3) is 5.78. The first-order valence-corrected chi connectivity index (χ1v) is 3.42. The Morgan fingerprint density at radius 1 is 1.64 bits per heavy atom. The Hall–Kier alpha value is -0.650. The highest BCUT2D eigenvalue weighted by atomic mass is 16.5. The molecular weight excluding hydrogens is 148 g/mol. The van der Waals surface area contributed by atoms with E-state index in [1.54, 1.807) is 0 Å². The van der Waals surface area contributed by atoms with Gasteiger partial charge in [-0.15, -0.1) is 0 Å². The van der Waals surface area contributed by atoms with Crippen LogP contribution in [0.15, 0.2) is 0 Å². The summed E-state index contributed by atoms with van der Waals surface area (Å²) in [7, 11) is 0. The van der Waals surface area contributed by atoms with Crippen LogP contribution in [0.5, 0.6) is 0 Å². The summed E-state index contributed by atoms with van der Waals surface area (Å²) in [6.07, 6.45) is 0.547. The van der Waals surface area contributed by atoms with Crippen LogP contribution >= 0.6 is 0 Å². The average molecular weight is 162 g/mol. The van der Waals surface area contributed by atoms with Crippen molar-refractivity contribution in [2.75, 3.05) is 19.8 Å². The second kappa shape index (κ2) is 6.09. The Bertz CT molecular complexity index is 118. The van der Waals surface area contributed by atoms with E-state index in [1.807, 2.05) is 0 Å². The Morgan fingerprint density at radius 3 is 2.73 bits per heavy atom. The number of rotatable bonds is 6. The van der Waals surface area contributed by atoms with Crippen LogP contribution in [0.1, 0.15) is 6.42 Å². The van der Waals surface area contributed by atoms with Crippen molar-refractivity contribution in [3.63, 3.8) is 0 Å². The quantitative estimate of drug-likeness (QED) is 0.401. The van der Waals surface area contributed by atoms with E-state index >= 15 is 0 Å². The SMILES string of the molecule is NC(=O)[C@@H](N)COCCCO. The van der Waals surface area contributed by atoms with Gasteiger partial charge in [-0.25, -0.2) is 0 Å². The number of aliphatic hydroxyl groups excluding tert-OH is 1. The molecule has 11 heavy (non-hydrogen) atoms. The van der Waals surface area contributed by atoms with Crippen LogP contribution in [-0.2, 0) is 9.53 Å². The van der Waals surface area contributed by atoms with Crippen LogP contribution in [0.25, 0.3) is 0 Å². The number of ether oxygens (including phenoxy) is 1. The lowest BCUT2D eigenvalue weighted by atomic mass is 10.3. The molecule has 0 unspecified atom stereocenters. The van der Waals surface area contributed by atoms with Crippen LogP contribution in [0.3, 0.4) is 0 Å². The molecule has 0 spiro atoms. The molecule has 0 fully saturated rings. The summed E-state index contributed by atoms with van der Waals surface area (Å²) in [5, 5.41) is 8.34. The van der Waals surface area contributed by atoms with E-state index in [0.29, 0.717) is 13.0 Å². The van der Waals surface area contributed by atoms with E-state index in [1.165, 1.54) is 0 Å². The van der Waals surface area contributed by atoms with Crippen molar-refractivity contribution >= 4 is 5.91 Å². The largest absolute Gasteiger partial charge is 0.396 e. The Balaban J connectivity index is 3.17. The smallest absolute Gasteiger partial charge is 0.236 e. The lowest BCUT2D eigenvalue weighted by Gasteiger charge is -2.06. The topological polar surface area (TPSA) is 98.6 Å². The predicted octanol–water partition coefficient (Wildman–Crippen LogP) is -1.80. The van der Waals surface area contributed by atoms with Crippen molar-refractivity contribution < 1.29 is 14.6 Å². The van der Waals surface area contributed by atoms with Crippen molar-refractivity contribution in [3.05, 3.63) is 0 Å². The van der Waals surface area contributed by atoms with Crippen LogP contribution < -0.4 is 11.5 Å². The number of hydrogen-bond acceptors (Lipinski definition) is 4. The van der Waals surface area contributed by atoms with Gasteiger partial charge in [0, 0.05) is 13.2 Å². The Labute approximate surface area is 65.3 Å². The lowest BCUT2D eigenvalue weighted by molar-refractivity contribution is -0.120. The minimum Gasteiger partial charge on any atom is -0.396 e. The fraction of sp³-hybridized carbons (Fsp3) is 0.833. The van der Waals surface area contributed by atoms with Crippen LogP contribution in [0.2, 0.25) is 0 Å². The van der Waals surface area contributed by atoms with Gasteiger partial charge in [-0.05, 0) is 6.42 Å². The molecule has 1 atom stereocenters. The molecule has 0 heterocycles. The van der Waals surface area contributed by atoms with Gasteiger partial charge in [0.25, 0.3) is 0 Å². The second-order valence-corrected chi connectivity index (χ2v) is 2.16. The summed E-state index contributed by atoms with van der Waals surface area (Å²) in [5.41, 5.74) is 10.1. The Kier molecular flexibility index (Phi) is 5.73. The summed E-state index contributed by atoms with van der Waals surface area (Å²) in [6, 6.07) is -0.742. The maximum Gasteiger partial charge on any atom is 0.236 e. The molecule has 0 aliphatic heterocycles. The van der Waals surface area contributed by atoms with Gasteiger partial charge < -0.3 is 21.3 Å². The van der Waals surface area contributed by atoms with Crippen molar-refractivity contribution in [2.45, 2.75) is 12.5 Å². The second-order valence-electron chi connectivity index (χ2n) is 2.16. The third-order valence-electron chi connectivity index (χ3n) is 1.11. The molecule has 0 saturated heterocycles. The van der Waals surface area contributed by atoms with Gasteiger partial charge in [0.1, 0.15) is 6.04 Å². The maximum atomic E-state index is 10.3. The fourth-order valence-corrected chi connectivity index (χ4v) is 0.459. The third-order valence-corrected chi connectivity index (χ3v) is 1.11. The highest BCUT2D eigenvalue weighted by molar-refractivity contribution is 5.79. The van der Waals surface area contributed by atoms with Gasteiger partial charge in [0.05, 0.1) is 6.61 Å². The monoisotopic (exact) mass is 162 g/mol. The molecule has 0 aliphatic carbocycles. The summed E-state index contributed by atoms with van der Waals surface area (Å²) in [4.78, 5) is 10.3. The van der Waals surface area contributed by atoms with E-state index in [2.05, 4.69) is 0 Å². The zero-order chi connectivity index (χ0) is 8.69. The van der Waals surface area contributed by atoms with E-state index in [-0.39, 0.29) is 13.2 Å². The highest BCUT2D eigenvalue weighted by Gasteiger charge is 2.07. The summed E-state index contributed by atoms with van der Waals surface area (Å²) in [5.74, 6) is -0.575. The van der Waals surface area contributed by atoms with Gasteiger partial charge in [-0.3, -0.25) is 4.79 Å². The van der Waals surface area contributed by atoms with Gasteiger partial charge in [-0.1, -0.05) is 0 Å². The number of hydrogen-bond donors (Lipinski definition) is 3. The van der Waals surface area contributed by atoms with Gasteiger partial charge in [-0.2, -0.15) is 0 Å². The van der Waals surface area contributed by atoms with E-state index < -0.39 is 11.9 Å². The number of primary amides is 1. The first-order chi connectivity index (χ1) is 5.18. The average Bonchev–Trinajstić information content (AvgIpc) is 1.97. The zero-order valence-electron chi connectivity index (χ0n) is 6.32.